The number of aryl methyl sites for hydroxylation is 4. The van der Waals surface area contributed by atoms with Crippen LogP contribution >= 0.6 is 0 Å². The fourth-order valence-corrected chi connectivity index (χ4v) is 5.28. The molecule has 2 unspecified atom stereocenters. The number of primary amides is 1. The minimum atomic E-state index is -0.300. The summed E-state index contributed by atoms with van der Waals surface area (Å²) in [5, 5.41) is 0. The first-order valence-corrected chi connectivity index (χ1v) is 13.9. The van der Waals surface area contributed by atoms with Crippen molar-refractivity contribution in [3.05, 3.63) is 69.9 Å². The molecule has 1 fully saturated rings. The van der Waals surface area contributed by atoms with E-state index in [0.29, 0.717) is 12.5 Å². The number of benzene rings is 2. The number of rotatable bonds is 8. The molecule has 39 heavy (non-hydrogen) atoms. The van der Waals surface area contributed by atoms with Crippen LogP contribution in [0.2, 0.25) is 0 Å². The molecule has 0 spiro atoms. The normalized spacial score (nSPS) is 18.0. The van der Waals surface area contributed by atoms with Gasteiger partial charge < -0.3 is 15.4 Å². The summed E-state index contributed by atoms with van der Waals surface area (Å²) < 4.78 is 6.47. The highest BCUT2D eigenvalue weighted by molar-refractivity contribution is 5.76. The number of aromatic nitrogens is 2. The van der Waals surface area contributed by atoms with Gasteiger partial charge in [0.2, 0.25) is 5.91 Å². The van der Waals surface area contributed by atoms with Crippen molar-refractivity contribution in [2.75, 3.05) is 24.5 Å². The van der Waals surface area contributed by atoms with Gasteiger partial charge >= 0.3 is 0 Å². The van der Waals surface area contributed by atoms with E-state index in [2.05, 4.69) is 94.7 Å². The van der Waals surface area contributed by atoms with Gasteiger partial charge in [0.15, 0.2) is 5.82 Å². The Hall–Kier alpha value is -3.45. The molecule has 0 aliphatic carbocycles. The number of hydrogen-bond donors (Lipinski definition) is 1. The van der Waals surface area contributed by atoms with Crippen LogP contribution in [-0.2, 0) is 11.4 Å². The summed E-state index contributed by atoms with van der Waals surface area (Å²) in [5.41, 5.74) is 13.1. The first-order valence-electron chi connectivity index (χ1n) is 13.9. The van der Waals surface area contributed by atoms with Crippen LogP contribution in [0.3, 0.4) is 0 Å². The number of amides is 1. The van der Waals surface area contributed by atoms with Gasteiger partial charge in [-0.05, 0) is 76.3 Å². The van der Waals surface area contributed by atoms with Crippen LogP contribution in [0, 0.1) is 27.7 Å². The Morgan fingerprint density at radius 1 is 1.00 bits per heavy atom. The Bertz CT molecular complexity index is 1350. The van der Waals surface area contributed by atoms with Gasteiger partial charge in [-0.3, -0.25) is 9.69 Å². The smallest absolute Gasteiger partial charge is 0.231 e. The van der Waals surface area contributed by atoms with Crippen molar-refractivity contribution in [1.29, 1.82) is 0 Å². The Labute approximate surface area is 233 Å². The molecule has 0 bridgehead atoms. The molecular formula is C32H43N5O2. The molecule has 3 aromatic rings. The second-order valence-electron chi connectivity index (χ2n) is 11.5. The van der Waals surface area contributed by atoms with Crippen molar-refractivity contribution in [2.45, 2.75) is 80.0 Å². The van der Waals surface area contributed by atoms with E-state index in [1.165, 1.54) is 11.1 Å². The fourth-order valence-electron chi connectivity index (χ4n) is 5.28. The van der Waals surface area contributed by atoms with Gasteiger partial charge in [0.25, 0.3) is 0 Å². The zero-order valence-electron chi connectivity index (χ0n) is 24.7. The lowest BCUT2D eigenvalue weighted by molar-refractivity contribution is -0.119. The Kier molecular flexibility index (Phi) is 8.60. The second kappa shape index (κ2) is 11.7. The van der Waals surface area contributed by atoms with Gasteiger partial charge in [-0.2, -0.15) is 0 Å². The molecular weight excluding hydrogens is 486 g/mol. The lowest BCUT2D eigenvalue weighted by Crippen LogP contribution is -2.58. The molecule has 1 amide bonds. The van der Waals surface area contributed by atoms with E-state index >= 15 is 0 Å². The average molecular weight is 530 g/mol. The highest BCUT2D eigenvalue weighted by atomic mass is 16.5. The van der Waals surface area contributed by atoms with E-state index in [9.17, 15) is 4.79 Å². The van der Waals surface area contributed by atoms with Crippen molar-refractivity contribution < 1.29 is 9.53 Å². The number of nitrogens with two attached hydrogens (primary N) is 1. The first-order chi connectivity index (χ1) is 18.4. The largest absolute Gasteiger partial charge is 0.488 e. The van der Waals surface area contributed by atoms with Crippen LogP contribution < -0.4 is 15.4 Å². The van der Waals surface area contributed by atoms with Gasteiger partial charge in [0.05, 0.1) is 17.8 Å². The topological polar surface area (TPSA) is 84.6 Å². The quantitative estimate of drug-likeness (QED) is 0.417. The van der Waals surface area contributed by atoms with Crippen LogP contribution in [0.1, 0.15) is 67.1 Å². The zero-order valence-corrected chi connectivity index (χ0v) is 24.7. The lowest BCUT2D eigenvalue weighted by Gasteiger charge is -2.45. The molecule has 1 saturated heterocycles. The number of ether oxygens (including phenoxy) is 1. The molecule has 0 saturated carbocycles. The lowest BCUT2D eigenvalue weighted by atomic mass is 10.0. The summed E-state index contributed by atoms with van der Waals surface area (Å²) >= 11 is 0. The van der Waals surface area contributed by atoms with Crippen LogP contribution in [0.25, 0.3) is 11.4 Å². The van der Waals surface area contributed by atoms with Gasteiger partial charge in [0, 0.05) is 30.7 Å². The zero-order chi connectivity index (χ0) is 28.4. The van der Waals surface area contributed by atoms with E-state index in [4.69, 9.17) is 20.4 Å². The summed E-state index contributed by atoms with van der Waals surface area (Å²) in [6, 6.07) is 13.1. The third kappa shape index (κ3) is 6.41. The van der Waals surface area contributed by atoms with Crippen LogP contribution in [-0.4, -0.2) is 52.5 Å². The summed E-state index contributed by atoms with van der Waals surface area (Å²) in [6.07, 6.45) is 0. The molecule has 2 atom stereocenters. The second-order valence-corrected chi connectivity index (χ2v) is 11.5. The maximum atomic E-state index is 11.7. The van der Waals surface area contributed by atoms with Crippen molar-refractivity contribution in [2.24, 2.45) is 5.73 Å². The highest BCUT2D eigenvalue weighted by Gasteiger charge is 2.33. The van der Waals surface area contributed by atoms with Crippen molar-refractivity contribution >= 4 is 11.7 Å². The molecule has 1 aromatic heterocycles. The maximum Gasteiger partial charge on any atom is 0.231 e. The van der Waals surface area contributed by atoms with Crippen LogP contribution in [0.15, 0.2) is 36.4 Å². The van der Waals surface area contributed by atoms with Gasteiger partial charge in [-0.1, -0.05) is 43.7 Å². The first kappa shape index (κ1) is 28.6. The molecule has 2 aromatic carbocycles. The van der Waals surface area contributed by atoms with Gasteiger partial charge in [-0.25, -0.2) is 9.97 Å². The predicted octanol–water partition coefficient (Wildman–Crippen LogP) is 5.46. The minimum absolute atomic E-state index is 0.131. The van der Waals surface area contributed by atoms with Crippen molar-refractivity contribution in [3.8, 4) is 17.1 Å². The number of anilines is 1. The number of piperazine rings is 1. The SMILES string of the molecule is Cc1ccc(C)c(-c2nc(C)c(COc3cc(C(C)C)ccc3C)c(N3CC(C)N(CC(N)=O)CC3C)n2)c1. The molecule has 208 valence electrons. The molecule has 2 N–H and O–H groups in total. The van der Waals surface area contributed by atoms with E-state index in [1.54, 1.807) is 0 Å². The summed E-state index contributed by atoms with van der Waals surface area (Å²) in [5.74, 6) is 2.63. The number of carbonyl (C=O) groups excluding carboxylic acids is 1. The van der Waals surface area contributed by atoms with Crippen LogP contribution in [0.4, 0.5) is 5.82 Å². The predicted molar refractivity (Wildman–Crippen MR) is 158 cm³/mol. The molecule has 2 heterocycles. The molecule has 1 aliphatic heterocycles. The molecule has 7 heteroatoms. The van der Waals surface area contributed by atoms with Gasteiger partial charge in [-0.15, -0.1) is 0 Å². The molecule has 7 nitrogen and oxygen atoms in total. The third-order valence-electron chi connectivity index (χ3n) is 7.82. The molecule has 0 radical (unpaired) electrons. The standard InChI is InChI=1S/C32H43N5O2/c1-19(2)26-12-11-22(5)29(14-26)39-18-28-25(8)34-31(27-13-20(3)9-10-21(27)4)35-32(28)37-16-23(6)36(15-24(37)7)17-30(33)38/h9-14,19,23-24H,15-18H2,1-8H3,(H2,33,38). The Balaban J connectivity index is 1.76. The van der Waals surface area contributed by atoms with E-state index in [0.717, 1.165) is 58.4 Å². The summed E-state index contributed by atoms with van der Waals surface area (Å²) in [4.78, 5) is 26.4. The molecule has 4 rings (SSSR count). The van der Waals surface area contributed by atoms with E-state index in [1.807, 2.05) is 6.92 Å². The maximum absolute atomic E-state index is 11.7. The minimum Gasteiger partial charge on any atom is -0.488 e. The van der Waals surface area contributed by atoms with E-state index < -0.39 is 0 Å². The van der Waals surface area contributed by atoms with E-state index in [-0.39, 0.29) is 24.5 Å². The third-order valence-corrected chi connectivity index (χ3v) is 7.82. The highest BCUT2D eigenvalue weighted by Crippen LogP contribution is 2.32. The Morgan fingerprint density at radius 2 is 1.72 bits per heavy atom. The summed E-state index contributed by atoms with van der Waals surface area (Å²) in [6.45, 7) is 19.1. The van der Waals surface area contributed by atoms with Crippen molar-refractivity contribution in [1.82, 2.24) is 14.9 Å². The molecule has 1 aliphatic rings. The van der Waals surface area contributed by atoms with Crippen LogP contribution in [0.5, 0.6) is 5.75 Å². The van der Waals surface area contributed by atoms with Gasteiger partial charge in [0.1, 0.15) is 18.2 Å². The number of carbonyl (C=O) groups is 1. The Morgan fingerprint density at radius 3 is 2.41 bits per heavy atom. The summed E-state index contributed by atoms with van der Waals surface area (Å²) in [7, 11) is 0. The monoisotopic (exact) mass is 529 g/mol. The van der Waals surface area contributed by atoms with Crippen molar-refractivity contribution in [3.63, 3.8) is 0 Å². The fraction of sp³-hybridized carbons (Fsp3) is 0.469. The average Bonchev–Trinajstić information content (AvgIpc) is 2.86. The number of hydrogen-bond acceptors (Lipinski definition) is 6. The number of nitrogens with zero attached hydrogens (tertiary/aromatic N) is 4.